The maximum Gasteiger partial charge on any atom is 0.387 e. The van der Waals surface area contributed by atoms with Crippen LogP contribution >= 0.6 is 11.3 Å². The second kappa shape index (κ2) is 6.34. The Morgan fingerprint density at radius 3 is 2.74 bits per heavy atom. The SMILES string of the molecule is Cc1ccsc1C(=O)Nc1cccc2ccc(OC(F)F)cc12. The van der Waals surface area contributed by atoms with Crippen LogP contribution in [0.5, 0.6) is 5.75 Å². The van der Waals surface area contributed by atoms with E-state index in [-0.39, 0.29) is 11.7 Å². The molecule has 0 fully saturated rings. The molecule has 0 aliphatic rings. The van der Waals surface area contributed by atoms with Crippen molar-refractivity contribution < 1.29 is 18.3 Å². The fourth-order valence-electron chi connectivity index (χ4n) is 2.32. The van der Waals surface area contributed by atoms with E-state index in [9.17, 15) is 13.6 Å². The van der Waals surface area contributed by atoms with Crippen LogP contribution in [0, 0.1) is 6.92 Å². The average molecular weight is 333 g/mol. The number of thiophene rings is 1. The van der Waals surface area contributed by atoms with E-state index in [1.165, 1.54) is 23.5 Å². The molecule has 0 saturated heterocycles. The van der Waals surface area contributed by atoms with E-state index >= 15 is 0 Å². The van der Waals surface area contributed by atoms with Gasteiger partial charge < -0.3 is 10.1 Å². The summed E-state index contributed by atoms with van der Waals surface area (Å²) in [4.78, 5) is 13.0. The van der Waals surface area contributed by atoms with E-state index in [2.05, 4.69) is 10.1 Å². The Morgan fingerprint density at radius 1 is 1.22 bits per heavy atom. The van der Waals surface area contributed by atoms with Crippen molar-refractivity contribution in [2.45, 2.75) is 13.5 Å². The number of halogens is 2. The topological polar surface area (TPSA) is 38.3 Å². The summed E-state index contributed by atoms with van der Waals surface area (Å²) in [5, 5.41) is 6.16. The molecule has 1 N–H and O–H groups in total. The summed E-state index contributed by atoms with van der Waals surface area (Å²) >= 11 is 1.36. The maximum absolute atomic E-state index is 12.4. The van der Waals surface area contributed by atoms with E-state index in [1.807, 2.05) is 24.4 Å². The van der Waals surface area contributed by atoms with Crippen molar-refractivity contribution in [3.8, 4) is 5.75 Å². The fraction of sp³-hybridized carbons (Fsp3) is 0.118. The number of anilines is 1. The summed E-state index contributed by atoms with van der Waals surface area (Å²) in [5.41, 5.74) is 1.45. The molecular formula is C17H13F2NO2S. The quantitative estimate of drug-likeness (QED) is 0.724. The third-order valence-corrected chi connectivity index (χ3v) is 4.41. The molecule has 0 saturated carbocycles. The fourth-order valence-corrected chi connectivity index (χ4v) is 3.14. The molecule has 0 atom stereocenters. The first-order chi connectivity index (χ1) is 11.0. The summed E-state index contributed by atoms with van der Waals surface area (Å²) < 4.78 is 29.2. The molecule has 0 radical (unpaired) electrons. The van der Waals surface area contributed by atoms with E-state index in [1.54, 1.807) is 18.2 Å². The van der Waals surface area contributed by atoms with Crippen LogP contribution < -0.4 is 10.1 Å². The predicted molar refractivity (Wildman–Crippen MR) is 87.6 cm³/mol. The second-order valence-electron chi connectivity index (χ2n) is 4.95. The number of hydrogen-bond donors (Lipinski definition) is 1. The Kier molecular flexibility index (Phi) is 4.25. The Hall–Kier alpha value is -2.47. The molecule has 0 spiro atoms. The second-order valence-corrected chi connectivity index (χ2v) is 5.87. The van der Waals surface area contributed by atoms with E-state index in [4.69, 9.17) is 0 Å². The number of fused-ring (bicyclic) bond motifs is 1. The van der Waals surface area contributed by atoms with Crippen LogP contribution in [-0.2, 0) is 0 Å². The average Bonchev–Trinajstić information content (AvgIpc) is 2.93. The molecule has 1 heterocycles. The lowest BCUT2D eigenvalue weighted by Gasteiger charge is -2.11. The van der Waals surface area contributed by atoms with Crippen molar-refractivity contribution >= 4 is 33.7 Å². The Labute approximate surface area is 135 Å². The summed E-state index contributed by atoms with van der Waals surface area (Å²) in [5.74, 6) is -0.160. The van der Waals surface area contributed by atoms with Crippen LogP contribution in [0.15, 0.2) is 47.8 Å². The normalized spacial score (nSPS) is 11.0. The number of rotatable bonds is 4. The standard InChI is InChI=1S/C17H13F2NO2S/c1-10-7-8-23-15(10)16(21)20-14-4-2-3-11-5-6-12(9-13(11)14)22-17(18)19/h2-9,17H,1H3,(H,20,21). The highest BCUT2D eigenvalue weighted by atomic mass is 32.1. The highest BCUT2D eigenvalue weighted by Gasteiger charge is 2.13. The summed E-state index contributed by atoms with van der Waals surface area (Å²) in [6.45, 7) is -1.02. The summed E-state index contributed by atoms with van der Waals surface area (Å²) in [7, 11) is 0. The number of nitrogens with one attached hydrogen (secondary N) is 1. The first-order valence-corrected chi connectivity index (χ1v) is 7.75. The van der Waals surface area contributed by atoms with Gasteiger partial charge in [-0.05, 0) is 47.5 Å². The van der Waals surface area contributed by atoms with Crippen molar-refractivity contribution in [2.75, 3.05) is 5.32 Å². The highest BCUT2D eigenvalue weighted by Crippen LogP contribution is 2.29. The van der Waals surface area contributed by atoms with Gasteiger partial charge in [0.05, 0.1) is 4.88 Å². The first kappa shape index (κ1) is 15.4. The summed E-state index contributed by atoms with van der Waals surface area (Å²) in [6, 6.07) is 11.9. The van der Waals surface area contributed by atoms with Crippen molar-refractivity contribution in [3.63, 3.8) is 0 Å². The van der Waals surface area contributed by atoms with Gasteiger partial charge in [0, 0.05) is 11.1 Å². The van der Waals surface area contributed by atoms with Gasteiger partial charge in [-0.3, -0.25) is 4.79 Å². The van der Waals surface area contributed by atoms with E-state index in [0.717, 1.165) is 10.9 Å². The van der Waals surface area contributed by atoms with Crippen LogP contribution in [0.3, 0.4) is 0 Å². The Morgan fingerprint density at radius 2 is 2.04 bits per heavy atom. The highest BCUT2D eigenvalue weighted by molar-refractivity contribution is 7.12. The molecule has 3 rings (SSSR count). The van der Waals surface area contributed by atoms with Gasteiger partial charge in [-0.1, -0.05) is 18.2 Å². The maximum atomic E-state index is 12.4. The monoisotopic (exact) mass is 333 g/mol. The zero-order chi connectivity index (χ0) is 16.4. The van der Waals surface area contributed by atoms with Crippen LogP contribution in [0.1, 0.15) is 15.2 Å². The largest absolute Gasteiger partial charge is 0.435 e. The van der Waals surface area contributed by atoms with Gasteiger partial charge in [-0.15, -0.1) is 11.3 Å². The van der Waals surface area contributed by atoms with Gasteiger partial charge in [0.25, 0.3) is 5.91 Å². The van der Waals surface area contributed by atoms with Crippen molar-refractivity contribution in [2.24, 2.45) is 0 Å². The molecule has 6 heteroatoms. The third kappa shape index (κ3) is 3.32. The molecule has 0 aliphatic carbocycles. The van der Waals surface area contributed by atoms with Gasteiger partial charge in [0.2, 0.25) is 0 Å². The zero-order valence-corrected chi connectivity index (χ0v) is 13.0. The van der Waals surface area contributed by atoms with E-state index < -0.39 is 6.61 Å². The molecule has 1 aromatic heterocycles. The molecule has 1 amide bonds. The minimum Gasteiger partial charge on any atom is -0.435 e. The Balaban J connectivity index is 1.96. The number of amides is 1. The molecule has 0 unspecified atom stereocenters. The third-order valence-electron chi connectivity index (χ3n) is 3.40. The number of benzene rings is 2. The number of ether oxygens (including phenoxy) is 1. The molecule has 23 heavy (non-hydrogen) atoms. The molecule has 2 aromatic carbocycles. The molecule has 3 nitrogen and oxygen atoms in total. The summed E-state index contributed by atoms with van der Waals surface area (Å²) in [6.07, 6.45) is 0. The van der Waals surface area contributed by atoms with Crippen LogP contribution in [0.4, 0.5) is 14.5 Å². The first-order valence-electron chi connectivity index (χ1n) is 6.87. The molecule has 3 aromatic rings. The zero-order valence-electron chi connectivity index (χ0n) is 12.2. The van der Waals surface area contributed by atoms with Gasteiger partial charge in [-0.25, -0.2) is 0 Å². The lowest BCUT2D eigenvalue weighted by molar-refractivity contribution is -0.0497. The minimum atomic E-state index is -2.89. The number of carbonyl (C=O) groups is 1. The van der Waals surface area contributed by atoms with Gasteiger partial charge >= 0.3 is 6.61 Å². The number of carbonyl (C=O) groups excluding carboxylic acids is 1. The minimum absolute atomic E-state index is 0.0569. The van der Waals surface area contributed by atoms with Crippen LogP contribution in [0.25, 0.3) is 10.8 Å². The van der Waals surface area contributed by atoms with E-state index in [0.29, 0.717) is 16.0 Å². The van der Waals surface area contributed by atoms with Crippen molar-refractivity contribution in [1.29, 1.82) is 0 Å². The molecule has 0 bridgehead atoms. The van der Waals surface area contributed by atoms with Gasteiger partial charge in [0.15, 0.2) is 0 Å². The van der Waals surface area contributed by atoms with Crippen molar-refractivity contribution in [3.05, 3.63) is 58.3 Å². The molecule has 0 aliphatic heterocycles. The van der Waals surface area contributed by atoms with Gasteiger partial charge in [0.1, 0.15) is 5.75 Å². The Bertz CT molecular complexity index is 861. The lowest BCUT2D eigenvalue weighted by atomic mass is 10.1. The van der Waals surface area contributed by atoms with Gasteiger partial charge in [-0.2, -0.15) is 8.78 Å². The molecular weight excluding hydrogens is 320 g/mol. The number of alkyl halides is 2. The van der Waals surface area contributed by atoms with Crippen LogP contribution in [0.2, 0.25) is 0 Å². The molecule has 118 valence electrons. The number of aryl methyl sites for hydroxylation is 1. The predicted octanol–water partition coefficient (Wildman–Crippen LogP) is 5.06. The lowest BCUT2D eigenvalue weighted by Crippen LogP contribution is -2.11. The smallest absolute Gasteiger partial charge is 0.387 e. The van der Waals surface area contributed by atoms with Crippen molar-refractivity contribution in [1.82, 2.24) is 0 Å². The number of hydrogen-bond acceptors (Lipinski definition) is 3. The van der Waals surface area contributed by atoms with Crippen LogP contribution in [-0.4, -0.2) is 12.5 Å².